The molecule has 2 heterocycles. The highest BCUT2D eigenvalue weighted by atomic mass is 19.4. The first kappa shape index (κ1) is 29.2. The van der Waals surface area contributed by atoms with Crippen LogP contribution in [-0.4, -0.2) is 42.9 Å². The Morgan fingerprint density at radius 3 is 2.55 bits per heavy atom. The quantitative estimate of drug-likeness (QED) is 0.260. The van der Waals surface area contributed by atoms with Crippen LogP contribution in [0.5, 0.6) is 17.2 Å². The number of ether oxygens (including phenoxy) is 3. The average molecular weight is 559 g/mol. The molecule has 1 aliphatic heterocycles. The molecule has 1 saturated heterocycles. The summed E-state index contributed by atoms with van der Waals surface area (Å²) in [7, 11) is 1.31. The number of piperidine rings is 1. The van der Waals surface area contributed by atoms with Gasteiger partial charge in [0, 0.05) is 22.6 Å². The number of benzene rings is 2. The largest absolute Gasteiger partial charge is 0.496 e. The minimum Gasteiger partial charge on any atom is -0.496 e. The molecule has 0 amide bonds. The molecule has 0 atom stereocenters. The van der Waals surface area contributed by atoms with Crippen molar-refractivity contribution in [3.63, 3.8) is 0 Å². The van der Waals surface area contributed by atoms with Gasteiger partial charge in [-0.05, 0) is 80.2 Å². The predicted molar refractivity (Wildman–Crippen MR) is 146 cm³/mol. The maximum Gasteiger partial charge on any atom is 0.433 e. The van der Waals surface area contributed by atoms with Gasteiger partial charge in [0.1, 0.15) is 29.5 Å². The van der Waals surface area contributed by atoms with E-state index in [9.17, 15) is 23.1 Å². The molecule has 0 unspecified atom stereocenters. The molecule has 0 bridgehead atoms. The van der Waals surface area contributed by atoms with Crippen molar-refractivity contribution in [1.82, 2.24) is 10.3 Å². The Morgan fingerprint density at radius 2 is 1.88 bits per heavy atom. The molecule has 0 aliphatic carbocycles. The van der Waals surface area contributed by atoms with Crippen LogP contribution in [0, 0.1) is 5.92 Å². The van der Waals surface area contributed by atoms with Gasteiger partial charge < -0.3 is 24.6 Å². The van der Waals surface area contributed by atoms with Gasteiger partial charge in [-0.3, -0.25) is 0 Å². The number of methoxy groups -OCH3 is 1. The Hall–Kier alpha value is -3.79. The van der Waals surface area contributed by atoms with Crippen LogP contribution in [0.2, 0.25) is 0 Å². The zero-order valence-corrected chi connectivity index (χ0v) is 22.5. The van der Waals surface area contributed by atoms with E-state index >= 15 is 0 Å². The highest BCUT2D eigenvalue weighted by Gasteiger charge is 2.33. The van der Waals surface area contributed by atoms with Crippen LogP contribution in [-0.2, 0) is 17.6 Å². The summed E-state index contributed by atoms with van der Waals surface area (Å²) in [5.41, 5.74) is 0.732. The smallest absolute Gasteiger partial charge is 0.433 e. The number of hydrogen-bond acceptors (Lipinski definition) is 6. The summed E-state index contributed by atoms with van der Waals surface area (Å²) in [6.45, 7) is 4.49. The van der Waals surface area contributed by atoms with E-state index in [1.165, 1.54) is 13.2 Å². The summed E-state index contributed by atoms with van der Waals surface area (Å²) in [6.07, 6.45) is 0.178. The zero-order chi connectivity index (χ0) is 28.7. The number of alkyl halides is 3. The van der Waals surface area contributed by atoms with Crippen molar-refractivity contribution in [2.45, 2.75) is 45.4 Å². The van der Waals surface area contributed by atoms with Gasteiger partial charge in [-0.2, -0.15) is 13.2 Å². The van der Waals surface area contributed by atoms with Crippen LogP contribution in [0.3, 0.4) is 0 Å². The molecule has 2 N–H and O–H groups in total. The lowest BCUT2D eigenvalue weighted by Crippen LogP contribution is -2.30. The third-order valence-corrected chi connectivity index (χ3v) is 6.79. The van der Waals surface area contributed by atoms with Crippen molar-refractivity contribution in [2.24, 2.45) is 5.92 Å². The summed E-state index contributed by atoms with van der Waals surface area (Å²) in [5.74, 6) is 0.598. The van der Waals surface area contributed by atoms with E-state index in [2.05, 4.69) is 10.3 Å². The number of carbonyl (C=O) groups is 1. The predicted octanol–water partition coefficient (Wildman–Crippen LogP) is 6.49. The van der Waals surface area contributed by atoms with E-state index in [0.29, 0.717) is 53.4 Å². The summed E-state index contributed by atoms with van der Waals surface area (Å²) in [4.78, 5) is 15.5. The van der Waals surface area contributed by atoms with Crippen molar-refractivity contribution >= 4 is 22.9 Å². The second-order valence-corrected chi connectivity index (χ2v) is 9.78. The van der Waals surface area contributed by atoms with Crippen LogP contribution in [0.4, 0.5) is 13.2 Å². The Morgan fingerprint density at radius 1 is 1.10 bits per heavy atom. The summed E-state index contributed by atoms with van der Waals surface area (Å²) >= 11 is 0. The Kier molecular flexibility index (Phi) is 9.52. The first-order valence-corrected chi connectivity index (χ1v) is 13.3. The molecular formula is C30H33F3N2O5. The molecule has 214 valence electrons. The van der Waals surface area contributed by atoms with E-state index < -0.39 is 17.8 Å². The lowest BCUT2D eigenvalue weighted by Gasteiger charge is -2.23. The van der Waals surface area contributed by atoms with Gasteiger partial charge in [-0.15, -0.1) is 0 Å². The normalized spacial score (nSPS) is 14.8. The van der Waals surface area contributed by atoms with Crippen LogP contribution in [0.25, 0.3) is 17.0 Å². The van der Waals surface area contributed by atoms with Gasteiger partial charge in [0.2, 0.25) is 0 Å². The van der Waals surface area contributed by atoms with E-state index in [0.717, 1.165) is 32.0 Å². The molecule has 1 aliphatic rings. The number of pyridine rings is 1. The average Bonchev–Trinajstić information content (AvgIpc) is 2.94. The number of carboxylic acid groups (broad SMARTS) is 1. The van der Waals surface area contributed by atoms with Gasteiger partial charge in [0.25, 0.3) is 0 Å². The van der Waals surface area contributed by atoms with Crippen LogP contribution in [0.15, 0.2) is 48.0 Å². The zero-order valence-electron chi connectivity index (χ0n) is 22.5. The second-order valence-electron chi connectivity index (χ2n) is 9.78. The molecule has 7 nitrogen and oxygen atoms in total. The molecule has 0 radical (unpaired) electrons. The maximum absolute atomic E-state index is 13.2. The fourth-order valence-electron chi connectivity index (χ4n) is 4.63. The molecular weight excluding hydrogens is 525 g/mol. The first-order valence-electron chi connectivity index (χ1n) is 13.3. The number of hydrogen-bond donors (Lipinski definition) is 2. The highest BCUT2D eigenvalue weighted by Crippen LogP contribution is 2.35. The summed E-state index contributed by atoms with van der Waals surface area (Å²) in [5, 5.41) is 13.4. The van der Waals surface area contributed by atoms with E-state index in [1.807, 2.05) is 6.92 Å². The molecule has 3 aromatic rings. The highest BCUT2D eigenvalue weighted by molar-refractivity contribution is 5.92. The van der Waals surface area contributed by atoms with Crippen LogP contribution < -0.4 is 19.5 Å². The fourth-order valence-corrected chi connectivity index (χ4v) is 4.63. The molecule has 2 aromatic carbocycles. The fraction of sp³-hybridized carbons (Fsp3) is 0.400. The van der Waals surface area contributed by atoms with E-state index in [4.69, 9.17) is 14.2 Å². The third kappa shape index (κ3) is 7.44. The van der Waals surface area contributed by atoms with Crippen molar-refractivity contribution < 1.29 is 37.3 Å². The summed E-state index contributed by atoms with van der Waals surface area (Å²) in [6, 6.07) is 11.0. The number of aliphatic carboxylic acids is 1. The van der Waals surface area contributed by atoms with Crippen LogP contribution >= 0.6 is 0 Å². The number of rotatable bonds is 11. The maximum atomic E-state index is 13.2. The standard InChI is InChI=1S/C30H33F3N2O5/c1-3-4-21(29(36)37)14-22-15-23(6-8-26(22)40-17-19-9-11-34-12-10-19)39-18-20-5-7-25-24(13-20)27(38-2)16-28(35-25)30(31,32)33/h5-8,13-16,19,34H,3-4,9-12,17-18H2,1-2H3,(H,36,37)/b21-14+. The van der Waals surface area contributed by atoms with E-state index in [-0.39, 0.29) is 23.4 Å². The summed E-state index contributed by atoms with van der Waals surface area (Å²) < 4.78 is 57.0. The van der Waals surface area contributed by atoms with Crippen molar-refractivity contribution in [2.75, 3.05) is 26.8 Å². The number of fused-ring (bicyclic) bond motifs is 1. The van der Waals surface area contributed by atoms with Crippen molar-refractivity contribution in [3.05, 3.63) is 64.9 Å². The number of nitrogens with zero attached hydrogens (tertiary/aromatic N) is 1. The van der Waals surface area contributed by atoms with Gasteiger partial charge in [0.05, 0.1) is 19.2 Å². The molecule has 40 heavy (non-hydrogen) atoms. The second kappa shape index (κ2) is 13.0. The lowest BCUT2D eigenvalue weighted by molar-refractivity contribution is -0.141. The van der Waals surface area contributed by atoms with Gasteiger partial charge in [-0.1, -0.05) is 19.4 Å². The van der Waals surface area contributed by atoms with Gasteiger partial charge >= 0.3 is 12.1 Å². The molecule has 0 saturated carbocycles. The van der Waals surface area contributed by atoms with Gasteiger partial charge in [-0.25, -0.2) is 9.78 Å². The molecule has 0 spiro atoms. The number of aromatic nitrogens is 1. The van der Waals surface area contributed by atoms with Crippen molar-refractivity contribution in [3.8, 4) is 17.2 Å². The molecule has 4 rings (SSSR count). The number of halogens is 3. The van der Waals surface area contributed by atoms with E-state index in [1.54, 1.807) is 36.4 Å². The topological polar surface area (TPSA) is 89.9 Å². The molecule has 10 heteroatoms. The van der Waals surface area contributed by atoms with Crippen LogP contribution in [0.1, 0.15) is 49.4 Å². The number of carboxylic acids is 1. The minimum absolute atomic E-state index is 0.0685. The lowest BCUT2D eigenvalue weighted by atomic mass is 9.99. The van der Waals surface area contributed by atoms with Crippen molar-refractivity contribution in [1.29, 1.82) is 0 Å². The minimum atomic E-state index is -4.59. The third-order valence-electron chi connectivity index (χ3n) is 6.79. The molecule has 1 aromatic heterocycles. The SMILES string of the molecule is CCC/C(=C\c1cc(OCc2ccc3nc(C(F)(F)F)cc(OC)c3c2)ccc1OCC1CCNCC1)C(=O)O. The Labute approximate surface area is 231 Å². The first-order chi connectivity index (χ1) is 19.2. The monoisotopic (exact) mass is 558 g/mol. The van der Waals surface area contributed by atoms with Gasteiger partial charge in [0.15, 0.2) is 0 Å². The molecule has 1 fully saturated rings. The Balaban J connectivity index is 1.57. The Bertz CT molecular complexity index is 1370. The number of nitrogens with one attached hydrogen (secondary N) is 1.